The molecule has 0 saturated carbocycles. The molecule has 0 radical (unpaired) electrons. The summed E-state index contributed by atoms with van der Waals surface area (Å²) in [5.41, 5.74) is 0. The number of unbranched alkanes of at least 4 members (excludes halogenated alkanes) is 44. The Morgan fingerprint density at radius 2 is 0.420 bits per heavy atom. The summed E-state index contributed by atoms with van der Waals surface area (Å²) < 4.78 is 68.7. The molecule has 0 aromatic rings. The van der Waals surface area contributed by atoms with Crippen LogP contribution in [0.15, 0.2) is 0 Å². The number of carbonyl (C=O) groups is 4. The number of aliphatic hydroxyl groups excluding tert-OH is 1. The van der Waals surface area contributed by atoms with Gasteiger partial charge in [-0.3, -0.25) is 37.3 Å². The van der Waals surface area contributed by atoms with E-state index in [1.807, 2.05) is 0 Å². The summed E-state index contributed by atoms with van der Waals surface area (Å²) in [6.07, 6.45) is 57.0. The van der Waals surface area contributed by atoms with Crippen molar-refractivity contribution in [1.82, 2.24) is 0 Å². The number of aliphatic hydroxyl groups is 1. The molecule has 0 rings (SSSR count). The van der Waals surface area contributed by atoms with E-state index >= 15 is 0 Å². The number of hydrogen-bond donors (Lipinski definition) is 3. The quantitative estimate of drug-likeness (QED) is 0.0222. The van der Waals surface area contributed by atoms with E-state index in [0.717, 1.165) is 114 Å². The van der Waals surface area contributed by atoms with Gasteiger partial charge in [-0.2, -0.15) is 0 Å². The van der Waals surface area contributed by atoms with Crippen LogP contribution in [0, 0.1) is 23.7 Å². The van der Waals surface area contributed by atoms with E-state index in [0.29, 0.717) is 25.7 Å². The minimum atomic E-state index is -4.96. The molecule has 0 amide bonds. The Bertz CT molecular complexity index is 1950. The number of ether oxygens (including phenoxy) is 4. The van der Waals surface area contributed by atoms with Gasteiger partial charge >= 0.3 is 39.5 Å². The lowest BCUT2D eigenvalue weighted by Crippen LogP contribution is -2.30. The number of rotatable bonds is 78. The number of carbonyl (C=O) groups excluding carboxylic acids is 4. The number of esters is 4. The predicted molar refractivity (Wildman–Crippen MR) is 409 cm³/mol. The maximum absolute atomic E-state index is 13.1. The summed E-state index contributed by atoms with van der Waals surface area (Å²) in [4.78, 5) is 73.0. The van der Waals surface area contributed by atoms with Crippen LogP contribution >= 0.6 is 15.6 Å². The average Bonchev–Trinajstić information content (AvgIpc) is 0.989. The normalized spacial score (nSPS) is 14.0. The fraction of sp³-hybridized carbons (Fsp3) is 0.951. The van der Waals surface area contributed by atoms with Gasteiger partial charge in [0.25, 0.3) is 0 Å². The lowest BCUT2D eigenvalue weighted by Gasteiger charge is -2.21. The molecule has 0 spiro atoms. The molecule has 0 aliphatic heterocycles. The van der Waals surface area contributed by atoms with Gasteiger partial charge in [0.05, 0.1) is 26.4 Å². The molecule has 19 heteroatoms. The lowest BCUT2D eigenvalue weighted by molar-refractivity contribution is -0.161. The molecule has 0 fully saturated rings. The van der Waals surface area contributed by atoms with Crippen LogP contribution in [0.25, 0.3) is 0 Å². The molecule has 0 aromatic carbocycles. The van der Waals surface area contributed by atoms with Crippen LogP contribution < -0.4 is 0 Å². The van der Waals surface area contributed by atoms with Crippen molar-refractivity contribution in [3.05, 3.63) is 0 Å². The first-order chi connectivity index (χ1) is 48.1. The second-order valence-corrected chi connectivity index (χ2v) is 34.0. The molecule has 100 heavy (non-hydrogen) atoms. The zero-order valence-corrected chi connectivity index (χ0v) is 67.6. The Kier molecular flexibility index (Phi) is 68.7. The summed E-state index contributed by atoms with van der Waals surface area (Å²) >= 11 is 0. The zero-order chi connectivity index (χ0) is 73.8. The Hall–Kier alpha value is -1.94. The van der Waals surface area contributed by atoms with Gasteiger partial charge in [-0.15, -0.1) is 0 Å². The minimum absolute atomic E-state index is 0.105. The molecule has 0 bridgehead atoms. The van der Waals surface area contributed by atoms with E-state index < -0.39 is 97.5 Å². The monoisotopic (exact) mass is 1470 g/mol. The van der Waals surface area contributed by atoms with Gasteiger partial charge in [0.15, 0.2) is 12.2 Å². The van der Waals surface area contributed by atoms with E-state index in [1.54, 1.807) is 0 Å². The van der Waals surface area contributed by atoms with Crippen molar-refractivity contribution in [1.29, 1.82) is 0 Å². The fourth-order valence-electron chi connectivity index (χ4n) is 12.4. The third-order valence-corrected chi connectivity index (χ3v) is 20.7. The first-order valence-corrected chi connectivity index (χ1v) is 44.7. The number of phosphoric acid groups is 2. The molecule has 3 N–H and O–H groups in total. The van der Waals surface area contributed by atoms with E-state index in [-0.39, 0.29) is 25.7 Å². The Morgan fingerprint density at radius 1 is 0.250 bits per heavy atom. The van der Waals surface area contributed by atoms with Gasteiger partial charge in [-0.25, -0.2) is 9.13 Å². The first-order valence-electron chi connectivity index (χ1n) is 41.7. The summed E-state index contributed by atoms with van der Waals surface area (Å²) in [6.45, 7) is 14.2. The van der Waals surface area contributed by atoms with Crippen LogP contribution in [0.3, 0.4) is 0 Å². The van der Waals surface area contributed by atoms with Crippen molar-refractivity contribution < 1.29 is 80.2 Å². The van der Waals surface area contributed by atoms with Crippen molar-refractivity contribution in [2.24, 2.45) is 23.7 Å². The van der Waals surface area contributed by atoms with E-state index in [9.17, 15) is 43.2 Å². The highest BCUT2D eigenvalue weighted by Crippen LogP contribution is 2.45. The maximum Gasteiger partial charge on any atom is 0.472 e. The predicted octanol–water partition coefficient (Wildman–Crippen LogP) is 24.0. The maximum atomic E-state index is 13.1. The molecular weight excluding hydrogens is 1310 g/mol. The first kappa shape index (κ1) is 98.1. The van der Waals surface area contributed by atoms with Crippen LogP contribution in [-0.2, 0) is 65.4 Å². The molecule has 3 unspecified atom stereocenters. The minimum Gasteiger partial charge on any atom is -0.462 e. The smallest absolute Gasteiger partial charge is 0.462 e. The highest BCUT2D eigenvalue weighted by atomic mass is 31.2. The molecule has 17 nitrogen and oxygen atoms in total. The van der Waals surface area contributed by atoms with Gasteiger partial charge in [0, 0.05) is 25.7 Å². The fourth-order valence-corrected chi connectivity index (χ4v) is 14.0. The third kappa shape index (κ3) is 74.3. The molecule has 594 valence electrons. The van der Waals surface area contributed by atoms with Crippen LogP contribution in [0.4, 0.5) is 0 Å². The second kappa shape index (κ2) is 70.1. The highest BCUT2D eigenvalue weighted by Gasteiger charge is 2.30. The van der Waals surface area contributed by atoms with Crippen LogP contribution in [-0.4, -0.2) is 96.7 Å². The summed E-state index contributed by atoms with van der Waals surface area (Å²) in [7, 11) is -9.92. The summed E-state index contributed by atoms with van der Waals surface area (Å²) in [5, 5.41) is 10.6. The van der Waals surface area contributed by atoms with Crippen molar-refractivity contribution in [3.8, 4) is 0 Å². The zero-order valence-electron chi connectivity index (χ0n) is 65.8. The van der Waals surface area contributed by atoms with Crippen molar-refractivity contribution in [2.45, 2.75) is 433 Å². The van der Waals surface area contributed by atoms with Crippen molar-refractivity contribution >= 4 is 39.5 Å². The van der Waals surface area contributed by atoms with Gasteiger partial charge in [-0.1, -0.05) is 364 Å². The largest absolute Gasteiger partial charge is 0.472 e. The van der Waals surface area contributed by atoms with Gasteiger partial charge in [0.2, 0.25) is 0 Å². The summed E-state index contributed by atoms with van der Waals surface area (Å²) in [6, 6.07) is 0. The topological polar surface area (TPSA) is 237 Å². The van der Waals surface area contributed by atoms with Gasteiger partial charge in [0.1, 0.15) is 19.3 Å². The molecule has 0 aliphatic carbocycles. The molecule has 0 heterocycles. The standard InChI is InChI=1S/C81H158O17P2/c1-71(2)57-49-41-33-25-20-16-12-9-10-14-18-22-28-37-45-53-61-78(83)91-67-76(97-80(85)63-55-47-39-29-23-19-15-11-13-17-21-26-34-42-50-58-72(3)4)69-95-99(87,88)93-65-75(82)66-94-100(89,90)96-70-77(68-92-79(84)62-54-46-38-32-31-36-44-52-60-74(7)8)98-81(86)64-56-48-40-30-24-27-35-43-51-59-73(5)6/h71-77,82H,9-70H2,1-8H3,(H,87,88)(H,89,90)/t75?,76-,77-/m1/s1. The SMILES string of the molecule is CC(C)CCCCCCCCCCCCCCCCCCC(=O)OC[C@H](COP(=O)(O)OCC(O)COP(=O)(O)OC[C@@H](COC(=O)CCCCCCCCCCC(C)C)OC(=O)CCCCCCCCCCCC(C)C)OC(=O)CCCCCCCCCCCCCCCCCC(C)C. The Balaban J connectivity index is 5.24. The van der Waals surface area contributed by atoms with Crippen LogP contribution in [0.1, 0.15) is 415 Å². The average molecular weight is 1470 g/mol. The van der Waals surface area contributed by atoms with Gasteiger partial charge < -0.3 is 33.8 Å². The Morgan fingerprint density at radius 3 is 0.620 bits per heavy atom. The lowest BCUT2D eigenvalue weighted by atomic mass is 10.0. The van der Waals surface area contributed by atoms with Crippen molar-refractivity contribution in [3.63, 3.8) is 0 Å². The Labute approximate surface area is 613 Å². The van der Waals surface area contributed by atoms with Crippen molar-refractivity contribution in [2.75, 3.05) is 39.6 Å². The van der Waals surface area contributed by atoms with E-state index in [4.69, 9.17) is 37.0 Å². The molecule has 0 saturated heterocycles. The van der Waals surface area contributed by atoms with Crippen LogP contribution in [0.2, 0.25) is 0 Å². The third-order valence-electron chi connectivity index (χ3n) is 18.8. The molecular formula is C81H158O17P2. The molecule has 5 atom stereocenters. The number of hydrogen-bond acceptors (Lipinski definition) is 15. The van der Waals surface area contributed by atoms with Gasteiger partial charge in [-0.05, 0) is 49.4 Å². The number of phosphoric ester groups is 2. The van der Waals surface area contributed by atoms with E-state index in [2.05, 4.69) is 55.4 Å². The van der Waals surface area contributed by atoms with Crippen LogP contribution in [0.5, 0.6) is 0 Å². The van der Waals surface area contributed by atoms with E-state index in [1.165, 1.54) is 218 Å². The summed E-state index contributed by atoms with van der Waals surface area (Å²) in [5.74, 6) is 0.963. The molecule has 0 aromatic heterocycles. The second-order valence-electron chi connectivity index (χ2n) is 31.1. The highest BCUT2D eigenvalue weighted by molar-refractivity contribution is 7.47. The molecule has 0 aliphatic rings.